The quantitative estimate of drug-likeness (QED) is 0.803. The van der Waals surface area contributed by atoms with Gasteiger partial charge in [-0.15, -0.1) is 0 Å². The Bertz CT molecular complexity index is 440. The lowest BCUT2D eigenvalue weighted by atomic mass is 9.85. The van der Waals surface area contributed by atoms with Crippen molar-refractivity contribution in [3.8, 4) is 0 Å². The Morgan fingerprint density at radius 3 is 2.46 bits per heavy atom. The zero-order valence-electron chi connectivity index (χ0n) is 15.1. The van der Waals surface area contributed by atoms with E-state index in [4.69, 9.17) is 4.74 Å². The van der Waals surface area contributed by atoms with E-state index in [1.165, 1.54) is 18.4 Å². The van der Waals surface area contributed by atoms with Crippen LogP contribution in [0.2, 0.25) is 0 Å². The number of carbonyl (C=O) groups is 1. The molecular formula is C19H33N3O2. The fraction of sp³-hybridized carbons (Fsp3) is 0.842. The van der Waals surface area contributed by atoms with Crippen LogP contribution >= 0.6 is 0 Å². The topological polar surface area (TPSA) is 44.8 Å². The molecule has 0 unspecified atom stereocenters. The van der Waals surface area contributed by atoms with E-state index < -0.39 is 0 Å². The average molecular weight is 335 g/mol. The van der Waals surface area contributed by atoms with Crippen molar-refractivity contribution in [2.45, 2.75) is 45.1 Å². The Morgan fingerprint density at radius 1 is 1.08 bits per heavy atom. The fourth-order valence-corrected chi connectivity index (χ4v) is 4.43. The molecule has 1 N–H and O–H groups in total. The number of rotatable bonds is 4. The molecule has 136 valence electrons. The maximum atomic E-state index is 12.6. The molecule has 0 radical (unpaired) electrons. The van der Waals surface area contributed by atoms with Crippen LogP contribution in [-0.4, -0.2) is 67.8 Å². The number of amides is 2. The summed E-state index contributed by atoms with van der Waals surface area (Å²) in [4.78, 5) is 17.0. The monoisotopic (exact) mass is 335 g/mol. The van der Waals surface area contributed by atoms with Crippen molar-refractivity contribution < 1.29 is 9.53 Å². The standard InChI is InChI=1S/C19H33N3O2/c1-15(2)13-21-8-4-18(5-9-21)20-19(23)22-10-3-17(14-22)16-6-11-24-12-7-16/h16-18H,1,3-14H2,2H3,(H,20,23)/t17-/m0/s1. The minimum atomic E-state index is 0.155. The highest BCUT2D eigenvalue weighted by Crippen LogP contribution is 2.31. The number of piperidine rings is 1. The van der Waals surface area contributed by atoms with Crippen LogP contribution in [0.3, 0.4) is 0 Å². The summed E-state index contributed by atoms with van der Waals surface area (Å²) in [5.41, 5.74) is 1.22. The molecule has 1 atom stereocenters. The van der Waals surface area contributed by atoms with Gasteiger partial charge in [0.1, 0.15) is 0 Å². The van der Waals surface area contributed by atoms with Gasteiger partial charge in [0.15, 0.2) is 0 Å². The van der Waals surface area contributed by atoms with Crippen molar-refractivity contribution >= 4 is 6.03 Å². The molecule has 3 heterocycles. The number of carbonyl (C=O) groups excluding carboxylic acids is 1. The second kappa shape index (κ2) is 8.34. The molecule has 5 nitrogen and oxygen atoms in total. The van der Waals surface area contributed by atoms with E-state index in [-0.39, 0.29) is 6.03 Å². The van der Waals surface area contributed by atoms with Crippen LogP contribution < -0.4 is 5.32 Å². The minimum Gasteiger partial charge on any atom is -0.381 e. The van der Waals surface area contributed by atoms with Crippen LogP contribution in [0, 0.1) is 11.8 Å². The highest BCUT2D eigenvalue weighted by atomic mass is 16.5. The first-order valence-corrected chi connectivity index (χ1v) is 9.61. The van der Waals surface area contributed by atoms with Crippen molar-refractivity contribution in [1.82, 2.24) is 15.1 Å². The molecule has 3 fully saturated rings. The molecule has 0 aliphatic carbocycles. The van der Waals surface area contributed by atoms with E-state index in [0.717, 1.165) is 71.1 Å². The Balaban J connectivity index is 1.39. The van der Waals surface area contributed by atoms with E-state index in [1.807, 2.05) is 4.90 Å². The third-order valence-corrected chi connectivity index (χ3v) is 5.85. The number of urea groups is 1. The molecule has 0 aromatic rings. The maximum Gasteiger partial charge on any atom is 0.317 e. The van der Waals surface area contributed by atoms with Gasteiger partial charge in [-0.2, -0.15) is 0 Å². The lowest BCUT2D eigenvalue weighted by Gasteiger charge is -2.33. The number of likely N-dealkylation sites (tertiary alicyclic amines) is 2. The van der Waals surface area contributed by atoms with Crippen LogP contribution in [-0.2, 0) is 4.74 Å². The number of nitrogens with one attached hydrogen (secondary N) is 1. The number of nitrogens with zero attached hydrogens (tertiary/aromatic N) is 2. The van der Waals surface area contributed by atoms with Crippen molar-refractivity contribution in [1.29, 1.82) is 0 Å². The molecule has 2 amide bonds. The zero-order chi connectivity index (χ0) is 16.9. The summed E-state index contributed by atoms with van der Waals surface area (Å²) in [6.07, 6.45) is 5.60. The maximum absolute atomic E-state index is 12.6. The van der Waals surface area contributed by atoms with Gasteiger partial charge in [-0.05, 0) is 50.9 Å². The van der Waals surface area contributed by atoms with Crippen LogP contribution in [0.5, 0.6) is 0 Å². The highest BCUT2D eigenvalue weighted by Gasteiger charge is 2.33. The molecule has 0 saturated carbocycles. The second-order valence-corrected chi connectivity index (χ2v) is 7.90. The van der Waals surface area contributed by atoms with E-state index in [2.05, 4.69) is 23.7 Å². The molecule has 5 heteroatoms. The molecule has 3 saturated heterocycles. The molecule has 0 bridgehead atoms. The Kier molecular flexibility index (Phi) is 6.17. The predicted octanol–water partition coefficient (Wildman–Crippen LogP) is 2.49. The van der Waals surface area contributed by atoms with Crippen LogP contribution in [0.25, 0.3) is 0 Å². The minimum absolute atomic E-state index is 0.155. The first kappa shape index (κ1) is 17.7. The van der Waals surface area contributed by atoms with Gasteiger partial charge in [0.2, 0.25) is 0 Å². The highest BCUT2D eigenvalue weighted by molar-refractivity contribution is 5.74. The van der Waals surface area contributed by atoms with Gasteiger partial charge < -0.3 is 15.0 Å². The zero-order valence-corrected chi connectivity index (χ0v) is 15.1. The molecule has 24 heavy (non-hydrogen) atoms. The van der Waals surface area contributed by atoms with Gasteiger partial charge in [-0.25, -0.2) is 4.79 Å². The van der Waals surface area contributed by atoms with E-state index in [0.29, 0.717) is 12.0 Å². The molecule has 3 aliphatic heterocycles. The summed E-state index contributed by atoms with van der Waals surface area (Å²) in [7, 11) is 0. The summed E-state index contributed by atoms with van der Waals surface area (Å²) < 4.78 is 5.46. The van der Waals surface area contributed by atoms with Gasteiger partial charge in [-0.1, -0.05) is 12.2 Å². The van der Waals surface area contributed by atoms with Gasteiger partial charge in [0, 0.05) is 52.0 Å². The normalized spacial score (nSPS) is 27.4. The van der Waals surface area contributed by atoms with E-state index >= 15 is 0 Å². The van der Waals surface area contributed by atoms with Crippen molar-refractivity contribution in [2.24, 2.45) is 11.8 Å². The first-order valence-electron chi connectivity index (χ1n) is 9.61. The van der Waals surface area contributed by atoms with Gasteiger partial charge in [-0.3, -0.25) is 4.90 Å². The second-order valence-electron chi connectivity index (χ2n) is 7.90. The lowest BCUT2D eigenvalue weighted by Crippen LogP contribution is -2.49. The number of hydrogen-bond donors (Lipinski definition) is 1. The third kappa shape index (κ3) is 4.73. The predicted molar refractivity (Wildman–Crippen MR) is 96.0 cm³/mol. The molecular weight excluding hydrogens is 302 g/mol. The molecule has 3 rings (SSSR count). The largest absolute Gasteiger partial charge is 0.381 e. The van der Waals surface area contributed by atoms with Crippen LogP contribution in [0.1, 0.15) is 39.0 Å². The molecule has 0 spiro atoms. The summed E-state index contributed by atoms with van der Waals surface area (Å²) in [5, 5.41) is 3.27. The summed E-state index contributed by atoms with van der Waals surface area (Å²) in [6, 6.07) is 0.490. The molecule has 3 aliphatic rings. The molecule has 0 aromatic heterocycles. The van der Waals surface area contributed by atoms with Crippen molar-refractivity contribution in [3.63, 3.8) is 0 Å². The lowest BCUT2D eigenvalue weighted by molar-refractivity contribution is 0.0484. The van der Waals surface area contributed by atoms with Crippen LogP contribution in [0.15, 0.2) is 12.2 Å². The number of hydrogen-bond acceptors (Lipinski definition) is 3. The Hall–Kier alpha value is -1.07. The van der Waals surface area contributed by atoms with Gasteiger partial charge >= 0.3 is 6.03 Å². The Morgan fingerprint density at radius 2 is 1.79 bits per heavy atom. The third-order valence-electron chi connectivity index (χ3n) is 5.85. The van der Waals surface area contributed by atoms with Gasteiger partial charge in [0.05, 0.1) is 0 Å². The van der Waals surface area contributed by atoms with E-state index in [9.17, 15) is 4.79 Å². The van der Waals surface area contributed by atoms with E-state index in [1.54, 1.807) is 0 Å². The van der Waals surface area contributed by atoms with Crippen molar-refractivity contribution in [2.75, 3.05) is 45.9 Å². The van der Waals surface area contributed by atoms with Crippen molar-refractivity contribution in [3.05, 3.63) is 12.2 Å². The average Bonchev–Trinajstić information content (AvgIpc) is 3.07. The summed E-state index contributed by atoms with van der Waals surface area (Å²) in [6.45, 7) is 12.8. The summed E-state index contributed by atoms with van der Waals surface area (Å²) >= 11 is 0. The first-order chi connectivity index (χ1) is 11.6. The summed E-state index contributed by atoms with van der Waals surface area (Å²) in [5.74, 6) is 1.43. The number of ether oxygens (including phenoxy) is 1. The fourth-order valence-electron chi connectivity index (χ4n) is 4.43. The SMILES string of the molecule is C=C(C)CN1CCC(NC(=O)N2CC[C@H](C3CCOCC3)C2)CC1. The molecule has 0 aromatic carbocycles. The van der Waals surface area contributed by atoms with Crippen LogP contribution in [0.4, 0.5) is 4.79 Å². The van der Waals surface area contributed by atoms with Gasteiger partial charge in [0.25, 0.3) is 0 Å². The Labute approximate surface area is 146 Å². The smallest absolute Gasteiger partial charge is 0.317 e.